The molecule has 1 aromatic carbocycles. The first-order valence-electron chi connectivity index (χ1n) is 6.12. The summed E-state index contributed by atoms with van der Waals surface area (Å²) in [6.07, 6.45) is 0. The van der Waals surface area contributed by atoms with E-state index in [2.05, 4.69) is 20.8 Å². The van der Waals surface area contributed by atoms with E-state index >= 15 is 0 Å². The molecule has 1 heterocycles. The lowest BCUT2D eigenvalue weighted by atomic mass is 10.2. The Hall–Kier alpha value is -1.11. The molecule has 1 aliphatic rings. The lowest BCUT2D eigenvalue weighted by Gasteiger charge is -2.26. The van der Waals surface area contributed by atoms with Crippen molar-refractivity contribution in [1.82, 2.24) is 4.90 Å². The number of hydrogen-bond donors (Lipinski definition) is 1. The number of ether oxygens (including phenoxy) is 2. The van der Waals surface area contributed by atoms with Gasteiger partial charge in [0.25, 0.3) is 0 Å². The maximum absolute atomic E-state index is 11.1. The molecule has 1 aliphatic heterocycles. The highest BCUT2D eigenvalue weighted by molar-refractivity contribution is 9.10. The minimum Gasteiger partial charge on any atom is -0.491 e. The Kier molecular flexibility index (Phi) is 5.18. The van der Waals surface area contributed by atoms with E-state index in [4.69, 9.17) is 14.6 Å². The Bertz CT molecular complexity index is 446. The molecular formula is C13H16BrNO4. The fourth-order valence-corrected chi connectivity index (χ4v) is 2.27. The largest absolute Gasteiger partial charge is 0.491 e. The summed E-state index contributed by atoms with van der Waals surface area (Å²) >= 11 is 3.25. The monoisotopic (exact) mass is 329 g/mol. The van der Waals surface area contributed by atoms with Gasteiger partial charge in [-0.25, -0.2) is 4.79 Å². The average Bonchev–Trinajstić information content (AvgIpc) is 2.41. The van der Waals surface area contributed by atoms with Crippen molar-refractivity contribution in [2.45, 2.75) is 0 Å². The molecule has 6 heteroatoms. The molecule has 1 aromatic rings. The second kappa shape index (κ2) is 6.88. The van der Waals surface area contributed by atoms with Crippen LogP contribution in [-0.4, -0.2) is 55.4 Å². The van der Waals surface area contributed by atoms with E-state index in [0.29, 0.717) is 12.4 Å². The Morgan fingerprint density at radius 1 is 1.42 bits per heavy atom. The second-order valence-electron chi connectivity index (χ2n) is 4.25. The van der Waals surface area contributed by atoms with Gasteiger partial charge < -0.3 is 14.6 Å². The van der Waals surface area contributed by atoms with Crippen LogP contribution in [0.5, 0.6) is 5.75 Å². The van der Waals surface area contributed by atoms with Crippen LogP contribution in [0.25, 0.3) is 0 Å². The zero-order valence-electron chi connectivity index (χ0n) is 10.5. The summed E-state index contributed by atoms with van der Waals surface area (Å²) in [6, 6.07) is 5.00. The molecule has 0 bridgehead atoms. The number of halogens is 1. The summed E-state index contributed by atoms with van der Waals surface area (Å²) in [5.41, 5.74) is 0.177. The number of morpholine rings is 1. The van der Waals surface area contributed by atoms with E-state index in [1.54, 1.807) is 18.2 Å². The minimum absolute atomic E-state index is 0.177. The van der Waals surface area contributed by atoms with Gasteiger partial charge in [-0.2, -0.15) is 0 Å². The molecule has 104 valence electrons. The number of benzene rings is 1. The number of hydrogen-bond acceptors (Lipinski definition) is 4. The molecule has 1 fully saturated rings. The zero-order valence-corrected chi connectivity index (χ0v) is 12.1. The van der Waals surface area contributed by atoms with Crippen LogP contribution in [0.3, 0.4) is 0 Å². The van der Waals surface area contributed by atoms with Crippen LogP contribution in [0.1, 0.15) is 10.4 Å². The van der Waals surface area contributed by atoms with Gasteiger partial charge in [0.2, 0.25) is 0 Å². The highest BCUT2D eigenvalue weighted by Gasteiger charge is 2.13. The molecule has 0 saturated carbocycles. The van der Waals surface area contributed by atoms with Crippen molar-refractivity contribution in [1.29, 1.82) is 0 Å². The predicted molar refractivity (Wildman–Crippen MR) is 73.9 cm³/mol. The minimum atomic E-state index is -0.984. The van der Waals surface area contributed by atoms with E-state index in [1.165, 1.54) is 0 Å². The SMILES string of the molecule is O=C(O)c1cc(Br)ccc1OCCN1CCOCC1. The summed E-state index contributed by atoms with van der Waals surface area (Å²) < 4.78 is 11.6. The lowest BCUT2D eigenvalue weighted by molar-refractivity contribution is 0.0321. The van der Waals surface area contributed by atoms with Crippen LogP contribution in [0.4, 0.5) is 0 Å². The smallest absolute Gasteiger partial charge is 0.339 e. The van der Waals surface area contributed by atoms with Crippen LogP contribution in [0, 0.1) is 0 Å². The van der Waals surface area contributed by atoms with Crippen LogP contribution in [-0.2, 0) is 4.74 Å². The van der Waals surface area contributed by atoms with Gasteiger partial charge >= 0.3 is 5.97 Å². The molecule has 0 amide bonds. The van der Waals surface area contributed by atoms with Crippen molar-refractivity contribution in [3.8, 4) is 5.75 Å². The predicted octanol–water partition coefficient (Wildman–Crippen LogP) is 1.86. The van der Waals surface area contributed by atoms with Gasteiger partial charge in [-0.1, -0.05) is 15.9 Å². The number of carbonyl (C=O) groups is 1. The topological polar surface area (TPSA) is 59.0 Å². The van der Waals surface area contributed by atoms with Crippen molar-refractivity contribution < 1.29 is 19.4 Å². The lowest BCUT2D eigenvalue weighted by Crippen LogP contribution is -2.38. The Balaban J connectivity index is 1.89. The maximum Gasteiger partial charge on any atom is 0.339 e. The van der Waals surface area contributed by atoms with Crippen LogP contribution >= 0.6 is 15.9 Å². The van der Waals surface area contributed by atoms with Gasteiger partial charge in [-0.15, -0.1) is 0 Å². The van der Waals surface area contributed by atoms with Crippen LogP contribution < -0.4 is 4.74 Å². The number of carboxylic acids is 1. The first-order valence-corrected chi connectivity index (χ1v) is 6.92. The summed E-state index contributed by atoms with van der Waals surface area (Å²) in [5, 5.41) is 9.11. The number of nitrogens with zero attached hydrogens (tertiary/aromatic N) is 1. The van der Waals surface area contributed by atoms with Crippen molar-refractivity contribution >= 4 is 21.9 Å². The van der Waals surface area contributed by atoms with Gasteiger partial charge in [-0.05, 0) is 18.2 Å². The quantitative estimate of drug-likeness (QED) is 0.893. The molecule has 0 atom stereocenters. The van der Waals surface area contributed by atoms with E-state index in [1.807, 2.05) is 0 Å². The molecule has 0 spiro atoms. The first-order chi connectivity index (χ1) is 9.16. The average molecular weight is 330 g/mol. The number of carboxylic acid groups (broad SMARTS) is 1. The molecule has 0 aliphatic carbocycles. The molecule has 1 N–H and O–H groups in total. The fraction of sp³-hybridized carbons (Fsp3) is 0.462. The molecule has 0 aromatic heterocycles. The molecule has 0 radical (unpaired) electrons. The highest BCUT2D eigenvalue weighted by Crippen LogP contribution is 2.23. The fourth-order valence-electron chi connectivity index (χ4n) is 1.90. The van der Waals surface area contributed by atoms with Crippen LogP contribution in [0.15, 0.2) is 22.7 Å². The van der Waals surface area contributed by atoms with Crippen LogP contribution in [0.2, 0.25) is 0 Å². The number of rotatable bonds is 5. The van der Waals surface area contributed by atoms with Crippen molar-refractivity contribution in [2.75, 3.05) is 39.5 Å². The van der Waals surface area contributed by atoms with E-state index in [9.17, 15) is 4.79 Å². The van der Waals surface area contributed by atoms with E-state index in [0.717, 1.165) is 37.3 Å². The number of aromatic carboxylic acids is 1. The summed E-state index contributed by atoms with van der Waals surface area (Å²) in [4.78, 5) is 13.3. The standard InChI is InChI=1S/C13H16BrNO4/c14-10-1-2-12(11(9-10)13(16)17)19-8-5-15-3-6-18-7-4-15/h1-2,9H,3-8H2,(H,16,17). The Labute approximate surface area is 120 Å². The van der Waals surface area contributed by atoms with E-state index < -0.39 is 5.97 Å². The molecule has 5 nitrogen and oxygen atoms in total. The third-order valence-corrected chi connectivity index (χ3v) is 3.43. The van der Waals surface area contributed by atoms with Gasteiger partial charge in [0.15, 0.2) is 0 Å². The first kappa shape index (κ1) is 14.3. The summed E-state index contributed by atoms with van der Waals surface area (Å²) in [7, 11) is 0. The molecule has 2 rings (SSSR count). The van der Waals surface area contributed by atoms with Crippen molar-refractivity contribution in [3.05, 3.63) is 28.2 Å². The molecule has 0 unspecified atom stereocenters. The molecule has 19 heavy (non-hydrogen) atoms. The summed E-state index contributed by atoms with van der Waals surface area (Å²) in [5.74, 6) is -0.577. The van der Waals surface area contributed by atoms with Crippen molar-refractivity contribution in [3.63, 3.8) is 0 Å². The Morgan fingerprint density at radius 2 is 2.16 bits per heavy atom. The molecule has 1 saturated heterocycles. The maximum atomic E-state index is 11.1. The normalized spacial score (nSPS) is 16.3. The highest BCUT2D eigenvalue weighted by atomic mass is 79.9. The third kappa shape index (κ3) is 4.19. The second-order valence-corrected chi connectivity index (χ2v) is 5.16. The van der Waals surface area contributed by atoms with Gasteiger partial charge in [0.05, 0.1) is 13.2 Å². The van der Waals surface area contributed by atoms with Gasteiger partial charge in [0, 0.05) is 24.1 Å². The zero-order chi connectivity index (χ0) is 13.7. The van der Waals surface area contributed by atoms with E-state index in [-0.39, 0.29) is 5.56 Å². The Morgan fingerprint density at radius 3 is 2.84 bits per heavy atom. The molecular weight excluding hydrogens is 314 g/mol. The third-order valence-electron chi connectivity index (χ3n) is 2.94. The van der Waals surface area contributed by atoms with Gasteiger partial charge in [-0.3, -0.25) is 4.90 Å². The van der Waals surface area contributed by atoms with Crippen molar-refractivity contribution in [2.24, 2.45) is 0 Å². The summed E-state index contributed by atoms with van der Waals surface area (Å²) in [6.45, 7) is 4.54. The van der Waals surface area contributed by atoms with Gasteiger partial charge in [0.1, 0.15) is 17.9 Å².